The SMILES string of the molecule is C[C@H](NC(=O)CCCCCN1C(=O)C=CC1=O)C(=O)N[C@@H](CCCNC(N)=O)C(=O)C(C)(C)C. The molecule has 1 aliphatic rings. The summed E-state index contributed by atoms with van der Waals surface area (Å²) in [5.41, 5.74) is 4.36. The first-order valence-electron chi connectivity index (χ1n) is 11.5. The molecule has 34 heavy (non-hydrogen) atoms. The fourth-order valence-corrected chi connectivity index (χ4v) is 3.37. The zero-order valence-corrected chi connectivity index (χ0v) is 20.4. The average Bonchev–Trinajstić information content (AvgIpc) is 3.06. The Labute approximate surface area is 200 Å². The molecule has 0 unspecified atom stereocenters. The zero-order valence-electron chi connectivity index (χ0n) is 20.4. The van der Waals surface area contributed by atoms with Crippen LogP contribution in [0.1, 0.15) is 66.2 Å². The maximum absolute atomic E-state index is 12.7. The monoisotopic (exact) mass is 479 g/mol. The summed E-state index contributed by atoms with van der Waals surface area (Å²) in [6.07, 6.45) is 5.21. The molecule has 0 bridgehead atoms. The van der Waals surface area contributed by atoms with Gasteiger partial charge in [-0.15, -0.1) is 0 Å². The molecule has 0 fully saturated rings. The number of nitrogens with zero attached hydrogens (tertiary/aromatic N) is 1. The van der Waals surface area contributed by atoms with E-state index < -0.39 is 29.4 Å². The highest BCUT2D eigenvalue weighted by Gasteiger charge is 2.31. The Bertz CT molecular complexity index is 799. The highest BCUT2D eigenvalue weighted by molar-refractivity contribution is 6.12. The Morgan fingerprint density at radius 3 is 2.15 bits per heavy atom. The Balaban J connectivity index is 2.42. The molecule has 5 N–H and O–H groups in total. The lowest BCUT2D eigenvalue weighted by molar-refractivity contribution is -0.137. The predicted octanol–water partition coefficient (Wildman–Crippen LogP) is 0.525. The third-order valence-corrected chi connectivity index (χ3v) is 5.30. The maximum atomic E-state index is 12.7. The molecule has 190 valence electrons. The van der Waals surface area contributed by atoms with Crippen LogP contribution in [-0.2, 0) is 24.0 Å². The number of unbranched alkanes of at least 4 members (excludes halogenated alkanes) is 2. The van der Waals surface area contributed by atoms with Crippen LogP contribution in [0.2, 0.25) is 0 Å². The van der Waals surface area contributed by atoms with Crippen LogP contribution < -0.4 is 21.7 Å². The van der Waals surface area contributed by atoms with E-state index >= 15 is 0 Å². The van der Waals surface area contributed by atoms with E-state index in [9.17, 15) is 28.8 Å². The highest BCUT2D eigenvalue weighted by atomic mass is 16.2. The Kier molecular flexibility index (Phi) is 11.4. The quantitative estimate of drug-likeness (QED) is 0.209. The summed E-state index contributed by atoms with van der Waals surface area (Å²) >= 11 is 0. The van der Waals surface area contributed by atoms with Gasteiger partial charge in [-0.2, -0.15) is 0 Å². The van der Waals surface area contributed by atoms with Gasteiger partial charge in [0.2, 0.25) is 11.8 Å². The summed E-state index contributed by atoms with van der Waals surface area (Å²) in [6, 6.07) is -2.25. The van der Waals surface area contributed by atoms with Gasteiger partial charge in [-0.25, -0.2) is 4.79 Å². The van der Waals surface area contributed by atoms with Gasteiger partial charge >= 0.3 is 6.03 Å². The molecule has 6 amide bonds. The van der Waals surface area contributed by atoms with E-state index in [2.05, 4.69) is 16.0 Å². The van der Waals surface area contributed by atoms with Gasteiger partial charge in [0.1, 0.15) is 6.04 Å². The summed E-state index contributed by atoms with van der Waals surface area (Å²) in [7, 11) is 0. The second-order valence-electron chi connectivity index (χ2n) is 9.37. The van der Waals surface area contributed by atoms with Crippen LogP contribution in [0.3, 0.4) is 0 Å². The summed E-state index contributed by atoms with van der Waals surface area (Å²) < 4.78 is 0. The van der Waals surface area contributed by atoms with Crippen molar-refractivity contribution in [2.75, 3.05) is 13.1 Å². The number of carbonyl (C=O) groups is 6. The van der Waals surface area contributed by atoms with Crippen molar-refractivity contribution in [1.82, 2.24) is 20.9 Å². The number of hydrogen-bond acceptors (Lipinski definition) is 6. The lowest BCUT2D eigenvalue weighted by atomic mass is 9.84. The van der Waals surface area contributed by atoms with Crippen LogP contribution in [-0.4, -0.2) is 65.5 Å². The molecule has 1 aliphatic heterocycles. The van der Waals surface area contributed by atoms with E-state index in [4.69, 9.17) is 5.73 Å². The third kappa shape index (κ3) is 10.1. The molecule has 1 rings (SSSR count). The second kappa shape index (κ2) is 13.5. The van der Waals surface area contributed by atoms with Crippen molar-refractivity contribution in [3.63, 3.8) is 0 Å². The van der Waals surface area contributed by atoms with Crippen molar-refractivity contribution in [3.8, 4) is 0 Å². The number of imide groups is 1. The minimum absolute atomic E-state index is 0.149. The van der Waals surface area contributed by atoms with E-state index in [1.807, 2.05) is 0 Å². The number of nitrogens with two attached hydrogens (primary N) is 1. The highest BCUT2D eigenvalue weighted by Crippen LogP contribution is 2.19. The lowest BCUT2D eigenvalue weighted by Crippen LogP contribution is -2.52. The summed E-state index contributed by atoms with van der Waals surface area (Å²) in [5.74, 6) is -1.58. The predicted molar refractivity (Wildman–Crippen MR) is 125 cm³/mol. The maximum Gasteiger partial charge on any atom is 0.312 e. The van der Waals surface area contributed by atoms with Crippen molar-refractivity contribution < 1.29 is 28.8 Å². The smallest absolute Gasteiger partial charge is 0.312 e. The fourth-order valence-electron chi connectivity index (χ4n) is 3.37. The summed E-state index contributed by atoms with van der Waals surface area (Å²) in [6.45, 7) is 7.40. The first-order valence-corrected chi connectivity index (χ1v) is 11.5. The van der Waals surface area contributed by atoms with E-state index in [-0.39, 0.29) is 36.5 Å². The number of urea groups is 1. The van der Waals surface area contributed by atoms with Gasteiger partial charge in [-0.05, 0) is 32.6 Å². The van der Waals surface area contributed by atoms with Crippen molar-refractivity contribution in [3.05, 3.63) is 12.2 Å². The topological polar surface area (TPSA) is 168 Å². The molecular weight excluding hydrogens is 442 g/mol. The minimum Gasteiger partial charge on any atom is -0.352 e. The van der Waals surface area contributed by atoms with Gasteiger partial charge in [0, 0.05) is 37.1 Å². The van der Waals surface area contributed by atoms with Crippen LogP contribution in [0.25, 0.3) is 0 Å². The Morgan fingerprint density at radius 1 is 0.971 bits per heavy atom. The van der Waals surface area contributed by atoms with Gasteiger partial charge in [0.25, 0.3) is 11.8 Å². The number of amides is 6. The summed E-state index contributed by atoms with van der Waals surface area (Å²) in [5, 5.41) is 7.78. The van der Waals surface area contributed by atoms with Crippen molar-refractivity contribution in [2.45, 2.75) is 78.3 Å². The van der Waals surface area contributed by atoms with Gasteiger partial charge in [-0.3, -0.25) is 28.9 Å². The first kappa shape index (κ1) is 28.8. The number of primary amides is 1. The standard InChI is InChI=1S/C23H37N5O6/c1-15(26-17(29)10-6-5-7-14-28-18(30)11-12-19(28)31)21(33)27-16(20(32)23(2,3)4)9-8-13-25-22(24)34/h11-12,15-16H,5-10,13-14H2,1-4H3,(H,26,29)(H,27,33)(H3,24,25,34)/t15-,16-/m0/s1. The molecule has 0 aliphatic carbocycles. The molecular formula is C23H37N5O6. The van der Waals surface area contributed by atoms with Gasteiger partial charge in [0.05, 0.1) is 6.04 Å². The molecule has 11 heteroatoms. The number of rotatable bonds is 14. The van der Waals surface area contributed by atoms with Crippen LogP contribution in [0.4, 0.5) is 4.79 Å². The Hall–Kier alpha value is -3.24. The van der Waals surface area contributed by atoms with Crippen molar-refractivity contribution in [1.29, 1.82) is 0 Å². The molecule has 0 aromatic heterocycles. The molecule has 0 saturated carbocycles. The molecule has 0 radical (unpaired) electrons. The van der Waals surface area contributed by atoms with Gasteiger partial charge < -0.3 is 21.7 Å². The molecule has 0 spiro atoms. The third-order valence-electron chi connectivity index (χ3n) is 5.30. The number of carbonyl (C=O) groups excluding carboxylic acids is 6. The van der Waals surface area contributed by atoms with E-state index in [0.29, 0.717) is 38.6 Å². The van der Waals surface area contributed by atoms with E-state index in [0.717, 1.165) is 4.90 Å². The Morgan fingerprint density at radius 2 is 1.59 bits per heavy atom. The van der Waals surface area contributed by atoms with Crippen molar-refractivity contribution in [2.24, 2.45) is 11.1 Å². The molecule has 2 atom stereocenters. The van der Waals surface area contributed by atoms with Crippen LogP contribution in [0, 0.1) is 5.41 Å². The van der Waals surface area contributed by atoms with Crippen LogP contribution in [0.5, 0.6) is 0 Å². The normalized spacial score (nSPS) is 15.1. The molecule has 0 saturated heterocycles. The molecule has 11 nitrogen and oxygen atoms in total. The largest absolute Gasteiger partial charge is 0.352 e. The second-order valence-corrected chi connectivity index (χ2v) is 9.37. The van der Waals surface area contributed by atoms with Gasteiger partial charge in [0.15, 0.2) is 5.78 Å². The van der Waals surface area contributed by atoms with Crippen LogP contribution in [0.15, 0.2) is 12.2 Å². The minimum atomic E-state index is -0.836. The number of Topliss-reactive ketones (excluding diaryl/α,β-unsaturated/α-hetero) is 1. The first-order chi connectivity index (χ1) is 15.8. The average molecular weight is 480 g/mol. The molecule has 0 aromatic carbocycles. The van der Waals surface area contributed by atoms with Crippen LogP contribution >= 0.6 is 0 Å². The molecule has 0 aromatic rings. The van der Waals surface area contributed by atoms with Gasteiger partial charge in [-0.1, -0.05) is 27.2 Å². The number of nitrogens with one attached hydrogen (secondary N) is 3. The zero-order chi connectivity index (χ0) is 25.9. The van der Waals surface area contributed by atoms with E-state index in [1.165, 1.54) is 19.1 Å². The number of ketones is 1. The fraction of sp³-hybridized carbons (Fsp3) is 0.652. The number of hydrogen-bond donors (Lipinski definition) is 4. The molecule has 1 heterocycles. The van der Waals surface area contributed by atoms with Crippen molar-refractivity contribution >= 4 is 35.4 Å². The lowest BCUT2D eigenvalue weighted by Gasteiger charge is -2.27. The van der Waals surface area contributed by atoms with E-state index in [1.54, 1.807) is 20.8 Å². The summed E-state index contributed by atoms with van der Waals surface area (Å²) in [4.78, 5) is 72.5.